The summed E-state index contributed by atoms with van der Waals surface area (Å²) in [5, 5.41) is 0.150. The van der Waals surface area contributed by atoms with Crippen molar-refractivity contribution in [1.29, 1.82) is 0 Å². The minimum absolute atomic E-state index is 0.121. The number of hydrogen-bond acceptors (Lipinski definition) is 4. The van der Waals surface area contributed by atoms with Gasteiger partial charge in [0.15, 0.2) is 11.5 Å². The Morgan fingerprint density at radius 1 is 1.28 bits per heavy atom. The number of benzene rings is 2. The molecule has 0 radical (unpaired) electrons. The van der Waals surface area contributed by atoms with Gasteiger partial charge in [0.25, 0.3) is 0 Å². The number of ether oxygens (including phenoxy) is 2. The van der Waals surface area contributed by atoms with Crippen LogP contribution < -0.4 is 9.47 Å². The van der Waals surface area contributed by atoms with Crippen LogP contribution in [0.15, 0.2) is 42.4 Å². The van der Waals surface area contributed by atoms with Gasteiger partial charge in [0, 0.05) is 36.8 Å². The van der Waals surface area contributed by atoms with Crippen molar-refractivity contribution < 1.29 is 32.8 Å². The van der Waals surface area contributed by atoms with Gasteiger partial charge in [-0.25, -0.2) is 0 Å². The third kappa shape index (κ3) is 2.24. The van der Waals surface area contributed by atoms with Crippen LogP contribution in [0.3, 0.4) is 0 Å². The van der Waals surface area contributed by atoms with Crippen LogP contribution in [0.1, 0.15) is 36.5 Å². The van der Waals surface area contributed by atoms with Crippen molar-refractivity contribution in [3.63, 3.8) is 0 Å². The topological polar surface area (TPSA) is 74.9 Å². The number of para-hydroxylation sites is 1. The maximum Gasteiger partial charge on any atom is 0.245 e. The molecule has 0 spiro atoms. The first-order valence-electron chi connectivity index (χ1n) is 13.8. The monoisotopic (exact) mass is 399 g/mol. The number of H-pyrrole nitrogens is 1. The van der Waals surface area contributed by atoms with Crippen molar-refractivity contribution in [2.45, 2.75) is 18.4 Å². The lowest BCUT2D eigenvalue weighted by Crippen LogP contribution is -2.62. The Labute approximate surface area is 180 Å². The molecule has 6 rings (SSSR count). The molecule has 2 atom stereocenters. The lowest BCUT2D eigenvalue weighted by Gasteiger charge is -2.46. The summed E-state index contributed by atoms with van der Waals surface area (Å²) in [5.74, 6) is -3.39. The van der Waals surface area contributed by atoms with Crippen LogP contribution in [0.4, 0.5) is 0 Å². The van der Waals surface area contributed by atoms with E-state index < -0.39 is 67.4 Å². The number of hydrogen-bond donors (Lipinski definition) is 1. The molecule has 0 bridgehead atoms. The quantitative estimate of drug-likeness (QED) is 0.681. The number of carbonyl (C=O) groups excluding carboxylic acids is 2. The fourth-order valence-corrected chi connectivity index (χ4v) is 3.73. The molecule has 2 aromatic carbocycles. The summed E-state index contributed by atoms with van der Waals surface area (Å²) in [6, 6.07) is -1.98. The van der Waals surface area contributed by atoms with E-state index in [1.165, 1.54) is 12.1 Å². The van der Waals surface area contributed by atoms with E-state index in [4.69, 9.17) is 20.4 Å². The maximum absolute atomic E-state index is 13.8. The Kier molecular flexibility index (Phi) is 1.86. The van der Waals surface area contributed by atoms with E-state index in [1.54, 1.807) is 12.1 Å². The van der Waals surface area contributed by atoms with Gasteiger partial charge < -0.3 is 24.3 Å². The second-order valence-corrected chi connectivity index (χ2v) is 6.68. The van der Waals surface area contributed by atoms with Crippen LogP contribution in [0, 0.1) is 0 Å². The molecule has 0 saturated carbocycles. The van der Waals surface area contributed by atoms with Crippen LogP contribution in [0.25, 0.3) is 10.9 Å². The number of likely N-dealkylation sites (N-methyl/N-ethyl adjacent to an activating group) is 1. The number of amides is 2. The second-order valence-electron chi connectivity index (χ2n) is 6.68. The lowest BCUT2D eigenvalue weighted by atomic mass is 9.86. The Bertz CT molecular complexity index is 1620. The van der Waals surface area contributed by atoms with Gasteiger partial charge in [-0.3, -0.25) is 9.59 Å². The first kappa shape index (κ1) is 9.35. The summed E-state index contributed by atoms with van der Waals surface area (Å²) in [5.41, 5.74) is -1.10. The molecule has 1 aromatic heterocycles. The molecule has 0 unspecified atom stereocenters. The minimum Gasteiger partial charge on any atom is -0.454 e. The standard InChI is InChI=1S/C22H19N3O4/c1-24-10-19(26)25-16(22(24)27)9-14-13-4-2-3-5-15(13)23-20(14)21(25)12-6-7-17-18(8-12)29-11-28-17/h2-8,16,21,23H,9-11H2,1H3/t16-,21-/m1/s1/i1D3,6D,7D,8D,9D2,16D,21D. The van der Waals surface area contributed by atoms with E-state index in [9.17, 15) is 12.3 Å². The van der Waals surface area contributed by atoms with E-state index in [0.717, 1.165) is 0 Å². The zero-order valence-electron chi connectivity index (χ0n) is 24.8. The van der Waals surface area contributed by atoms with Gasteiger partial charge >= 0.3 is 0 Å². The molecular weight excluding hydrogens is 370 g/mol. The first-order chi connectivity index (χ1) is 18.1. The van der Waals surface area contributed by atoms with Crippen molar-refractivity contribution >= 4 is 22.7 Å². The van der Waals surface area contributed by atoms with E-state index in [1.807, 2.05) is 0 Å². The van der Waals surface area contributed by atoms with Crippen LogP contribution in [0.2, 0.25) is 0 Å². The summed E-state index contributed by atoms with van der Waals surface area (Å²) < 4.78 is 96.8. The molecule has 4 heterocycles. The summed E-state index contributed by atoms with van der Waals surface area (Å²) in [6.07, 6.45) is -3.08. The molecule has 3 aliphatic rings. The third-order valence-electron chi connectivity index (χ3n) is 5.01. The Balaban J connectivity index is 1.79. The molecular formula is C22H19N3O4. The molecule has 1 fully saturated rings. The summed E-state index contributed by atoms with van der Waals surface area (Å²) >= 11 is 0. The molecule has 7 nitrogen and oxygen atoms in total. The van der Waals surface area contributed by atoms with Gasteiger partial charge in [0.2, 0.25) is 18.6 Å². The number of aromatic amines is 1. The zero-order chi connectivity index (χ0) is 28.4. The molecule has 1 N–H and O–H groups in total. The van der Waals surface area contributed by atoms with Gasteiger partial charge in [0.1, 0.15) is 6.02 Å². The average Bonchev–Trinajstić information content (AvgIpc) is 3.50. The molecule has 1 saturated heterocycles. The number of nitrogens with one attached hydrogen (secondary N) is 1. The molecule has 3 aliphatic heterocycles. The van der Waals surface area contributed by atoms with Gasteiger partial charge in [-0.1, -0.05) is 24.2 Å². The largest absolute Gasteiger partial charge is 0.454 e. The van der Waals surface area contributed by atoms with Gasteiger partial charge in [-0.15, -0.1) is 0 Å². The van der Waals surface area contributed by atoms with Gasteiger partial charge in [0.05, 0.1) is 19.4 Å². The number of fused-ring (bicyclic) bond motifs is 5. The number of aromatic nitrogens is 1. The van der Waals surface area contributed by atoms with Gasteiger partial charge in [-0.05, 0) is 29.3 Å². The minimum atomic E-state index is -3.35. The van der Waals surface area contributed by atoms with Crippen molar-refractivity contribution in [3.8, 4) is 11.5 Å². The fourth-order valence-electron chi connectivity index (χ4n) is 3.73. The van der Waals surface area contributed by atoms with Gasteiger partial charge in [-0.2, -0.15) is 0 Å². The molecule has 146 valence electrons. The zero-order valence-corrected chi connectivity index (χ0v) is 14.8. The molecule has 29 heavy (non-hydrogen) atoms. The summed E-state index contributed by atoms with van der Waals surface area (Å²) in [7, 11) is 0. The normalized spacial score (nSPS) is 35.0. The smallest absolute Gasteiger partial charge is 0.245 e. The number of piperazine rings is 1. The predicted molar refractivity (Wildman–Crippen MR) is 105 cm³/mol. The highest BCUT2D eigenvalue weighted by molar-refractivity contribution is 5.97. The summed E-state index contributed by atoms with van der Waals surface area (Å²) in [4.78, 5) is 30.8. The van der Waals surface area contributed by atoms with E-state index >= 15 is 0 Å². The molecule has 3 aromatic rings. The first-order valence-corrected chi connectivity index (χ1v) is 8.76. The fraction of sp³-hybridized carbons (Fsp3) is 0.273. The van der Waals surface area contributed by atoms with E-state index in [0.29, 0.717) is 0 Å². The Morgan fingerprint density at radius 3 is 3.03 bits per heavy atom. The Morgan fingerprint density at radius 2 is 2.14 bits per heavy atom. The maximum atomic E-state index is 13.8. The van der Waals surface area contributed by atoms with Crippen molar-refractivity contribution in [1.82, 2.24) is 14.8 Å². The highest BCUT2D eigenvalue weighted by Gasteiger charge is 2.47. The van der Waals surface area contributed by atoms with E-state index in [-0.39, 0.29) is 50.3 Å². The van der Waals surface area contributed by atoms with Crippen molar-refractivity contribution in [2.24, 2.45) is 0 Å². The van der Waals surface area contributed by atoms with Crippen LogP contribution in [-0.4, -0.2) is 52.9 Å². The van der Waals surface area contributed by atoms with E-state index in [2.05, 4.69) is 4.98 Å². The number of rotatable bonds is 1. The summed E-state index contributed by atoms with van der Waals surface area (Å²) in [6.45, 7) is -4.69. The third-order valence-corrected chi connectivity index (χ3v) is 5.01. The van der Waals surface area contributed by atoms with Crippen LogP contribution in [0.5, 0.6) is 11.5 Å². The Hall–Kier alpha value is -3.48. The molecule has 7 heteroatoms. The number of nitrogens with zero attached hydrogens (tertiary/aromatic N) is 2. The van der Waals surface area contributed by atoms with Crippen molar-refractivity contribution in [2.75, 3.05) is 20.3 Å². The highest BCUT2D eigenvalue weighted by atomic mass is 16.7. The van der Waals surface area contributed by atoms with Crippen LogP contribution in [-0.2, 0) is 16.0 Å². The lowest BCUT2D eigenvalue weighted by molar-refractivity contribution is -0.157. The second kappa shape index (κ2) is 5.76. The van der Waals surface area contributed by atoms with Crippen molar-refractivity contribution in [3.05, 3.63) is 59.2 Å². The SMILES string of the molecule is [2H]c1c([2H])c([C@]2([2H])c3[nH]c4ccccc4c3C([2H])([2H])[C@]3([2H])C(=O)N(C([2H])([2H])[2H])CC(=O)N23)c([2H])c2c1OCO2. The molecule has 0 aliphatic carbocycles. The highest BCUT2D eigenvalue weighted by Crippen LogP contribution is 2.44. The molecule has 2 amide bonds. The average molecular weight is 399 g/mol. The number of carbonyl (C=O) groups is 2. The van der Waals surface area contributed by atoms with Crippen LogP contribution >= 0.6 is 0 Å². The predicted octanol–water partition coefficient (Wildman–Crippen LogP) is 2.21.